The lowest BCUT2D eigenvalue weighted by atomic mass is 10.2. The van der Waals surface area contributed by atoms with E-state index in [0.29, 0.717) is 11.6 Å². The summed E-state index contributed by atoms with van der Waals surface area (Å²) in [6.07, 6.45) is -3.67. The Labute approximate surface area is 248 Å². The molecule has 0 spiro atoms. The number of rotatable bonds is 9. The Balaban J connectivity index is 1.49. The van der Waals surface area contributed by atoms with Gasteiger partial charge in [0.05, 0.1) is 7.11 Å². The number of carbonyl (C=O) groups is 2. The topological polar surface area (TPSA) is 309 Å². The van der Waals surface area contributed by atoms with Crippen molar-refractivity contribution in [2.75, 3.05) is 25.2 Å². The van der Waals surface area contributed by atoms with Crippen LogP contribution in [0.25, 0.3) is 0 Å². The smallest absolute Gasteiger partial charge is 0.361 e. The lowest BCUT2D eigenvalue weighted by molar-refractivity contribution is -0.0162. The van der Waals surface area contributed by atoms with Crippen LogP contribution in [0.5, 0.6) is 0 Å². The number of nitrogen functional groups attached to an aromatic ring is 2. The average Bonchev–Trinajstić information content (AvgIpc) is 3.76. The molecule has 0 saturated carbocycles. The number of aromatic nitrogens is 8. The highest BCUT2D eigenvalue weighted by Gasteiger charge is 2.35. The molecule has 9 N–H and O–H groups in total. The zero-order valence-corrected chi connectivity index (χ0v) is 24.0. The van der Waals surface area contributed by atoms with E-state index in [1.165, 1.54) is 0 Å². The molecule has 43 heavy (non-hydrogen) atoms. The molecule has 1 aliphatic rings. The molecular weight excluding hydrogens is 610 g/mol. The number of methoxy groups -OCH3 is 1. The molecule has 1 aliphatic heterocycles. The van der Waals surface area contributed by atoms with Gasteiger partial charge in [-0.2, -0.15) is 18.9 Å². The number of ketones is 1. The highest BCUT2D eigenvalue weighted by molar-refractivity contribution is 7.09. The first-order valence-electron chi connectivity index (χ1n) is 12.0. The van der Waals surface area contributed by atoms with Gasteiger partial charge in [0.2, 0.25) is 16.0 Å². The van der Waals surface area contributed by atoms with Crippen LogP contribution in [0.2, 0.25) is 0 Å². The summed E-state index contributed by atoms with van der Waals surface area (Å²) in [6.45, 7) is 2.46. The molecule has 1 saturated heterocycles. The number of anilines is 2. The van der Waals surface area contributed by atoms with E-state index in [1.807, 2.05) is 0 Å². The van der Waals surface area contributed by atoms with Crippen molar-refractivity contribution in [3.05, 3.63) is 23.0 Å². The minimum atomic E-state index is -1.43. The van der Waals surface area contributed by atoms with E-state index in [0.717, 1.165) is 39.5 Å². The van der Waals surface area contributed by atoms with Crippen molar-refractivity contribution in [3.8, 4) is 0 Å². The second kappa shape index (κ2) is 12.3. The lowest BCUT2D eigenvalue weighted by Crippen LogP contribution is -2.62. The first kappa shape index (κ1) is 29.8. The molecule has 22 nitrogen and oxygen atoms in total. The number of hydrogen-bond donors (Lipinski definition) is 7. The molecule has 0 bridgehead atoms. The van der Waals surface area contributed by atoms with Gasteiger partial charge in [-0.05, 0) is 13.8 Å². The van der Waals surface area contributed by atoms with Crippen LogP contribution in [0, 0.1) is 13.8 Å². The van der Waals surface area contributed by atoms with E-state index >= 15 is 0 Å². The fraction of sp³-hybridized carbons (Fsp3) is 0.368. The summed E-state index contributed by atoms with van der Waals surface area (Å²) in [4.78, 5) is 33.1. The number of nitrogens with two attached hydrogens (primary N) is 2. The molecule has 5 rings (SSSR count). The number of Topliss-reactive ketones (excluding diaryl/α,β-unsaturated/α-hetero) is 1. The van der Waals surface area contributed by atoms with E-state index in [9.17, 15) is 19.8 Å². The predicted octanol–water partition coefficient (Wildman–Crippen LogP) is 0.0269. The lowest BCUT2D eigenvalue weighted by Gasteiger charge is -2.36. The van der Waals surface area contributed by atoms with Gasteiger partial charge in [-0.3, -0.25) is 4.79 Å². The highest BCUT2D eigenvalue weighted by atomic mass is 32.1. The number of aryl methyl sites for hydroxylation is 2. The standard InChI is InChI=1S/C19H23N17O5S2/c1-5-22-18(42-33-5)29-27-9-8(7(38)4-37)31-35(12(9)20)15-24-16(26-17(40)25-15)36-13(21)10(11(32-36)14(39)41-3)28-30-19-23-6(2)34-43-19/h15-17,24-26,37,40H,4,20-21H2,1-3H3. The van der Waals surface area contributed by atoms with Gasteiger partial charge in [-0.25, -0.2) is 40.1 Å². The van der Waals surface area contributed by atoms with Crippen LogP contribution in [0.3, 0.4) is 0 Å². The SMILES string of the molecule is COC(=O)c1nn(C2NC(O)NC(n3nc(C(=O)CO)c(N=Nc4nc(C)ns4)c3N)N2)c(N)c1N=Nc1nc(C)ns1. The van der Waals surface area contributed by atoms with Crippen LogP contribution in [0.4, 0.5) is 33.3 Å². The van der Waals surface area contributed by atoms with Crippen LogP contribution < -0.4 is 27.4 Å². The zero-order chi connectivity index (χ0) is 30.8. The summed E-state index contributed by atoms with van der Waals surface area (Å²) < 4.78 is 15.0. The van der Waals surface area contributed by atoms with Gasteiger partial charge in [-0.1, -0.05) is 0 Å². The van der Waals surface area contributed by atoms with Crippen LogP contribution >= 0.6 is 23.1 Å². The minimum absolute atomic E-state index is 0.128. The number of carbonyl (C=O) groups excluding carboxylic acids is 2. The quantitative estimate of drug-likeness (QED) is 0.0726. The molecule has 0 radical (unpaired) electrons. The number of aliphatic hydroxyl groups is 2. The molecule has 4 aromatic rings. The maximum Gasteiger partial charge on any atom is 0.361 e. The number of aliphatic hydroxyl groups excluding tert-OH is 2. The molecule has 3 unspecified atom stereocenters. The Kier molecular flexibility index (Phi) is 8.48. The van der Waals surface area contributed by atoms with E-state index in [-0.39, 0.29) is 44.7 Å². The summed E-state index contributed by atoms with van der Waals surface area (Å²) in [5.74, 6) is -0.993. The van der Waals surface area contributed by atoms with E-state index < -0.39 is 37.3 Å². The maximum absolute atomic E-state index is 12.5. The second-order valence-electron chi connectivity index (χ2n) is 8.48. The number of azo groups is 2. The molecule has 3 atom stereocenters. The van der Waals surface area contributed by atoms with Crippen molar-refractivity contribution in [2.45, 2.75) is 32.8 Å². The molecular formula is C19H23N17O5S2. The third kappa shape index (κ3) is 6.09. The third-order valence-corrected chi connectivity index (χ3v) is 6.95. The summed E-state index contributed by atoms with van der Waals surface area (Å²) >= 11 is 1.96. The maximum atomic E-state index is 12.5. The van der Waals surface area contributed by atoms with Crippen molar-refractivity contribution in [3.63, 3.8) is 0 Å². The Morgan fingerprint density at radius 3 is 1.81 bits per heavy atom. The van der Waals surface area contributed by atoms with Gasteiger partial charge in [0.1, 0.15) is 18.3 Å². The summed E-state index contributed by atoms with van der Waals surface area (Å²) in [5.41, 5.74) is 11.7. The highest BCUT2D eigenvalue weighted by Crippen LogP contribution is 2.34. The fourth-order valence-corrected chi connectivity index (χ4v) is 4.69. The third-order valence-electron chi connectivity index (χ3n) is 5.57. The van der Waals surface area contributed by atoms with Gasteiger partial charge < -0.3 is 26.4 Å². The first-order valence-corrected chi connectivity index (χ1v) is 13.5. The normalized spacial score (nSPS) is 19.0. The van der Waals surface area contributed by atoms with Crippen LogP contribution in [-0.4, -0.2) is 80.3 Å². The molecule has 1 fully saturated rings. The largest absolute Gasteiger partial charge is 0.464 e. The van der Waals surface area contributed by atoms with Crippen molar-refractivity contribution >= 4 is 68.1 Å². The van der Waals surface area contributed by atoms with E-state index in [1.54, 1.807) is 13.8 Å². The summed E-state index contributed by atoms with van der Waals surface area (Å²) in [6, 6.07) is 0. The van der Waals surface area contributed by atoms with Crippen molar-refractivity contribution in [1.82, 2.24) is 54.2 Å². The van der Waals surface area contributed by atoms with Crippen molar-refractivity contribution in [1.29, 1.82) is 0 Å². The van der Waals surface area contributed by atoms with Gasteiger partial charge in [0.15, 0.2) is 53.3 Å². The molecule has 24 heteroatoms. The molecule has 5 heterocycles. The zero-order valence-electron chi connectivity index (χ0n) is 22.4. The molecule has 0 aromatic carbocycles. The fourth-order valence-electron chi connectivity index (χ4n) is 3.68. The Hall–Kier alpha value is -4.72. The van der Waals surface area contributed by atoms with Crippen LogP contribution in [0.15, 0.2) is 20.5 Å². The van der Waals surface area contributed by atoms with Gasteiger partial charge in [0.25, 0.3) is 0 Å². The van der Waals surface area contributed by atoms with Gasteiger partial charge >= 0.3 is 5.97 Å². The molecule has 0 aliphatic carbocycles. The van der Waals surface area contributed by atoms with Gasteiger partial charge in [-0.15, -0.1) is 20.5 Å². The number of esters is 1. The van der Waals surface area contributed by atoms with Crippen molar-refractivity contribution in [2.24, 2.45) is 20.5 Å². The average molecular weight is 634 g/mol. The van der Waals surface area contributed by atoms with Crippen LogP contribution in [0.1, 0.15) is 45.2 Å². The Bertz CT molecular complexity index is 1600. The number of nitrogens with one attached hydrogen (secondary N) is 3. The monoisotopic (exact) mass is 633 g/mol. The summed E-state index contributed by atoms with van der Waals surface area (Å²) in [5, 5.41) is 53.3. The van der Waals surface area contributed by atoms with E-state index in [2.05, 4.69) is 65.3 Å². The predicted molar refractivity (Wildman–Crippen MR) is 147 cm³/mol. The minimum Gasteiger partial charge on any atom is -0.464 e. The number of nitrogens with zero attached hydrogens (tertiary/aromatic N) is 12. The van der Waals surface area contributed by atoms with Crippen LogP contribution in [-0.2, 0) is 4.74 Å². The summed E-state index contributed by atoms with van der Waals surface area (Å²) in [7, 11) is 1.15. The first-order chi connectivity index (χ1) is 20.6. The number of ether oxygens (including phenoxy) is 1. The Morgan fingerprint density at radius 1 is 0.884 bits per heavy atom. The molecule has 4 aromatic heterocycles. The van der Waals surface area contributed by atoms with E-state index in [4.69, 9.17) is 16.2 Å². The molecule has 0 amide bonds. The molecule has 226 valence electrons. The second-order valence-corrected chi connectivity index (χ2v) is 9.94. The number of hydrogen-bond acceptors (Lipinski definition) is 22. The van der Waals surface area contributed by atoms with Crippen molar-refractivity contribution < 1.29 is 24.5 Å². The van der Waals surface area contributed by atoms with Gasteiger partial charge in [0, 0.05) is 23.1 Å². The Morgan fingerprint density at radius 2 is 1.37 bits per heavy atom.